The largest absolute Gasteiger partial charge is 0.469 e. The van der Waals surface area contributed by atoms with E-state index in [0.717, 1.165) is 4.47 Å². The van der Waals surface area contributed by atoms with E-state index in [2.05, 4.69) is 20.7 Å². The summed E-state index contributed by atoms with van der Waals surface area (Å²) in [7, 11) is 1.31. The summed E-state index contributed by atoms with van der Waals surface area (Å²) in [4.78, 5) is 23.1. The Morgan fingerprint density at radius 2 is 2.12 bits per heavy atom. The van der Waals surface area contributed by atoms with Gasteiger partial charge in [0.1, 0.15) is 0 Å². The van der Waals surface area contributed by atoms with Crippen LogP contribution in [0.2, 0.25) is 0 Å². The minimum Gasteiger partial charge on any atom is -0.469 e. The fourth-order valence-electron chi connectivity index (χ4n) is 1.39. The summed E-state index contributed by atoms with van der Waals surface area (Å²) in [6, 6.07) is 5.13. The Bertz CT molecular complexity index is 443. The standard InChI is InChI=1S/C12H12BrClO3/c1-7(14)12(16)10-4-3-9(13)5-8(10)6-11(15)17-2/h3-5,7H,6H2,1-2H3. The molecule has 1 unspecified atom stereocenters. The molecule has 0 amide bonds. The Labute approximate surface area is 113 Å². The van der Waals surface area contributed by atoms with Gasteiger partial charge in [0.25, 0.3) is 0 Å². The molecular formula is C12H12BrClO3. The van der Waals surface area contributed by atoms with Gasteiger partial charge in [-0.25, -0.2) is 0 Å². The van der Waals surface area contributed by atoms with Gasteiger partial charge in [-0.1, -0.05) is 15.9 Å². The number of ketones is 1. The Morgan fingerprint density at radius 3 is 2.65 bits per heavy atom. The van der Waals surface area contributed by atoms with Crippen LogP contribution >= 0.6 is 27.5 Å². The number of esters is 1. The summed E-state index contributed by atoms with van der Waals surface area (Å²) in [6.07, 6.45) is 0.0562. The molecule has 0 saturated carbocycles. The van der Waals surface area contributed by atoms with Crippen LogP contribution in [-0.2, 0) is 16.0 Å². The van der Waals surface area contributed by atoms with Crippen LogP contribution in [-0.4, -0.2) is 24.2 Å². The second-order valence-corrected chi connectivity index (χ2v) is 5.10. The van der Waals surface area contributed by atoms with Crippen molar-refractivity contribution in [3.05, 3.63) is 33.8 Å². The molecule has 0 radical (unpaired) electrons. The summed E-state index contributed by atoms with van der Waals surface area (Å²) < 4.78 is 5.39. The average Bonchev–Trinajstić information content (AvgIpc) is 2.28. The van der Waals surface area contributed by atoms with Crippen molar-refractivity contribution in [2.75, 3.05) is 7.11 Å². The monoisotopic (exact) mass is 318 g/mol. The fraction of sp³-hybridized carbons (Fsp3) is 0.333. The molecular weight excluding hydrogens is 307 g/mol. The van der Waals surface area contributed by atoms with Crippen molar-refractivity contribution in [3.8, 4) is 0 Å². The zero-order chi connectivity index (χ0) is 13.0. The number of rotatable bonds is 4. The van der Waals surface area contributed by atoms with Gasteiger partial charge in [0, 0.05) is 10.0 Å². The van der Waals surface area contributed by atoms with Crippen molar-refractivity contribution < 1.29 is 14.3 Å². The second kappa shape index (κ2) is 6.17. The van der Waals surface area contributed by atoms with Crippen LogP contribution in [0.3, 0.4) is 0 Å². The summed E-state index contributed by atoms with van der Waals surface area (Å²) in [5.74, 6) is -0.586. The van der Waals surface area contributed by atoms with Crippen molar-refractivity contribution in [1.29, 1.82) is 0 Å². The van der Waals surface area contributed by atoms with E-state index in [9.17, 15) is 9.59 Å². The van der Waals surface area contributed by atoms with E-state index < -0.39 is 5.38 Å². The molecule has 1 aromatic carbocycles. The van der Waals surface area contributed by atoms with Crippen LogP contribution in [0.15, 0.2) is 22.7 Å². The van der Waals surface area contributed by atoms with E-state index in [1.54, 1.807) is 25.1 Å². The van der Waals surface area contributed by atoms with Gasteiger partial charge in [-0.15, -0.1) is 11.6 Å². The van der Waals surface area contributed by atoms with Crippen molar-refractivity contribution in [2.24, 2.45) is 0 Å². The molecule has 0 aliphatic rings. The van der Waals surface area contributed by atoms with Crippen LogP contribution in [0.25, 0.3) is 0 Å². The predicted molar refractivity (Wildman–Crippen MR) is 69.5 cm³/mol. The van der Waals surface area contributed by atoms with Gasteiger partial charge in [-0.05, 0) is 30.7 Å². The van der Waals surface area contributed by atoms with Gasteiger partial charge in [-0.2, -0.15) is 0 Å². The third kappa shape index (κ3) is 3.82. The zero-order valence-electron chi connectivity index (χ0n) is 9.50. The quantitative estimate of drug-likeness (QED) is 0.487. The first kappa shape index (κ1) is 14.2. The molecule has 92 valence electrons. The molecule has 1 atom stereocenters. The van der Waals surface area contributed by atoms with Crippen LogP contribution in [0.5, 0.6) is 0 Å². The van der Waals surface area contributed by atoms with Crippen LogP contribution in [0.4, 0.5) is 0 Å². The number of halogens is 2. The normalized spacial score (nSPS) is 12.0. The zero-order valence-corrected chi connectivity index (χ0v) is 11.8. The number of hydrogen-bond donors (Lipinski definition) is 0. The Kier molecular flexibility index (Phi) is 5.15. The Balaban J connectivity index is 3.12. The second-order valence-electron chi connectivity index (χ2n) is 3.53. The maximum absolute atomic E-state index is 11.8. The molecule has 0 heterocycles. The third-order valence-corrected chi connectivity index (χ3v) is 2.95. The van der Waals surface area contributed by atoms with Crippen LogP contribution < -0.4 is 0 Å². The molecule has 3 nitrogen and oxygen atoms in total. The highest BCUT2D eigenvalue weighted by Gasteiger charge is 2.18. The van der Waals surface area contributed by atoms with Gasteiger partial charge >= 0.3 is 5.97 Å². The lowest BCUT2D eigenvalue weighted by atomic mass is 9.99. The van der Waals surface area contributed by atoms with Crippen molar-refractivity contribution in [2.45, 2.75) is 18.7 Å². The van der Waals surface area contributed by atoms with Gasteiger partial charge in [0.15, 0.2) is 5.78 Å². The SMILES string of the molecule is COC(=O)Cc1cc(Br)ccc1C(=O)C(C)Cl. The van der Waals surface area contributed by atoms with Crippen molar-refractivity contribution in [1.82, 2.24) is 0 Å². The van der Waals surface area contributed by atoms with E-state index in [-0.39, 0.29) is 18.2 Å². The lowest BCUT2D eigenvalue weighted by Crippen LogP contribution is -2.15. The van der Waals surface area contributed by atoms with E-state index in [1.807, 2.05) is 0 Å². The molecule has 0 aliphatic heterocycles. The number of methoxy groups -OCH3 is 1. The number of hydrogen-bond acceptors (Lipinski definition) is 3. The van der Waals surface area contributed by atoms with Gasteiger partial charge < -0.3 is 4.74 Å². The number of Topliss-reactive ketones (excluding diaryl/α,β-unsaturated/α-hetero) is 1. The molecule has 0 aliphatic carbocycles. The maximum Gasteiger partial charge on any atom is 0.310 e. The summed E-state index contributed by atoms with van der Waals surface area (Å²) in [5.41, 5.74) is 1.07. The first-order valence-corrected chi connectivity index (χ1v) is 6.22. The molecule has 1 aromatic rings. The molecule has 1 rings (SSSR count). The highest BCUT2D eigenvalue weighted by molar-refractivity contribution is 9.10. The Hall–Kier alpha value is -0.870. The fourth-order valence-corrected chi connectivity index (χ4v) is 1.92. The molecule has 0 N–H and O–H groups in total. The number of alkyl halides is 1. The first-order valence-electron chi connectivity index (χ1n) is 4.99. The molecule has 0 aromatic heterocycles. The average molecular weight is 320 g/mol. The lowest BCUT2D eigenvalue weighted by Gasteiger charge is -2.09. The summed E-state index contributed by atoms with van der Waals surface area (Å²) >= 11 is 9.07. The van der Waals surface area contributed by atoms with E-state index in [4.69, 9.17) is 11.6 Å². The van der Waals surface area contributed by atoms with Crippen LogP contribution in [0, 0.1) is 0 Å². The first-order chi connectivity index (χ1) is 7.95. The van der Waals surface area contributed by atoms with E-state index in [1.165, 1.54) is 7.11 Å². The molecule has 17 heavy (non-hydrogen) atoms. The minimum atomic E-state index is -0.618. The van der Waals surface area contributed by atoms with Crippen LogP contribution in [0.1, 0.15) is 22.8 Å². The van der Waals surface area contributed by atoms with Crippen molar-refractivity contribution in [3.63, 3.8) is 0 Å². The van der Waals surface area contributed by atoms with Crippen molar-refractivity contribution >= 4 is 39.3 Å². The molecule has 0 bridgehead atoms. The van der Waals surface area contributed by atoms with Gasteiger partial charge in [0.2, 0.25) is 0 Å². The third-order valence-electron chi connectivity index (χ3n) is 2.26. The number of ether oxygens (including phenoxy) is 1. The summed E-state index contributed by atoms with van der Waals surface area (Å²) in [6.45, 7) is 1.61. The molecule has 0 saturated heterocycles. The maximum atomic E-state index is 11.8. The Morgan fingerprint density at radius 1 is 1.47 bits per heavy atom. The number of carbonyl (C=O) groups excluding carboxylic acids is 2. The highest BCUT2D eigenvalue weighted by Crippen LogP contribution is 2.20. The topological polar surface area (TPSA) is 43.4 Å². The van der Waals surface area contributed by atoms with Gasteiger partial charge in [-0.3, -0.25) is 9.59 Å². The molecule has 5 heteroatoms. The molecule has 0 fully saturated rings. The lowest BCUT2D eigenvalue weighted by molar-refractivity contribution is -0.139. The number of benzene rings is 1. The summed E-state index contributed by atoms with van der Waals surface area (Å²) in [5, 5.41) is -0.618. The smallest absolute Gasteiger partial charge is 0.310 e. The van der Waals surface area contributed by atoms with E-state index in [0.29, 0.717) is 11.1 Å². The minimum absolute atomic E-state index is 0.0562. The van der Waals surface area contributed by atoms with Gasteiger partial charge in [0.05, 0.1) is 18.9 Å². The number of carbonyl (C=O) groups is 2. The molecule has 0 spiro atoms. The highest BCUT2D eigenvalue weighted by atomic mass is 79.9. The predicted octanol–water partition coefficient (Wildman–Crippen LogP) is 2.97. The van der Waals surface area contributed by atoms with E-state index >= 15 is 0 Å².